The Morgan fingerprint density at radius 3 is 2.85 bits per heavy atom. The molecule has 5 nitrogen and oxygen atoms in total. The Balaban J connectivity index is 0.00000200. The van der Waals surface area contributed by atoms with Crippen LogP contribution in [0.4, 0.5) is 0 Å². The van der Waals surface area contributed by atoms with Crippen molar-refractivity contribution in [1.29, 1.82) is 0 Å². The molecule has 0 unspecified atom stereocenters. The summed E-state index contributed by atoms with van der Waals surface area (Å²) in [7, 11) is 1.67. The number of carbonyl (C=O) groups excluding carboxylic acids is 1. The van der Waals surface area contributed by atoms with Crippen molar-refractivity contribution in [3.8, 4) is 0 Å². The molecule has 112 valence electrons. The second kappa shape index (κ2) is 8.92. The average Bonchev–Trinajstić information content (AvgIpc) is 2.89. The van der Waals surface area contributed by atoms with E-state index in [-0.39, 0.29) is 18.3 Å². The standard InChI is InChI=1S/C14H20N2O3.ClH/c1-18-7-6-15-4-5-16-14(17)11-2-3-12-9-19-10-13(12)8-11;/h2-3,8,15H,4-7,9-10H2,1H3,(H,16,17);1H. The minimum Gasteiger partial charge on any atom is -0.383 e. The first-order valence-corrected chi connectivity index (χ1v) is 6.48. The van der Waals surface area contributed by atoms with Crippen molar-refractivity contribution < 1.29 is 14.3 Å². The predicted octanol–water partition coefficient (Wildman–Crippen LogP) is 1.10. The van der Waals surface area contributed by atoms with Gasteiger partial charge < -0.3 is 20.1 Å². The monoisotopic (exact) mass is 300 g/mol. The molecule has 1 aliphatic heterocycles. The number of hydrogen-bond acceptors (Lipinski definition) is 4. The van der Waals surface area contributed by atoms with E-state index in [0.29, 0.717) is 31.9 Å². The minimum atomic E-state index is -0.0387. The van der Waals surface area contributed by atoms with Gasteiger partial charge in [0.25, 0.3) is 5.91 Å². The van der Waals surface area contributed by atoms with Crippen molar-refractivity contribution >= 4 is 18.3 Å². The number of ether oxygens (including phenoxy) is 2. The van der Waals surface area contributed by atoms with E-state index in [1.54, 1.807) is 7.11 Å². The molecule has 0 aliphatic carbocycles. The van der Waals surface area contributed by atoms with E-state index in [4.69, 9.17) is 9.47 Å². The zero-order valence-corrected chi connectivity index (χ0v) is 12.4. The van der Waals surface area contributed by atoms with E-state index in [0.717, 1.165) is 18.7 Å². The maximum absolute atomic E-state index is 11.9. The van der Waals surface area contributed by atoms with Gasteiger partial charge in [0, 0.05) is 32.3 Å². The van der Waals surface area contributed by atoms with Crippen LogP contribution in [-0.4, -0.2) is 39.3 Å². The predicted molar refractivity (Wildman–Crippen MR) is 79.3 cm³/mol. The van der Waals surface area contributed by atoms with Crippen LogP contribution < -0.4 is 10.6 Å². The summed E-state index contributed by atoms with van der Waals surface area (Å²) in [5.74, 6) is -0.0387. The molecule has 1 aromatic rings. The zero-order valence-electron chi connectivity index (χ0n) is 11.6. The van der Waals surface area contributed by atoms with Gasteiger partial charge in [0.15, 0.2) is 0 Å². The van der Waals surface area contributed by atoms with E-state index >= 15 is 0 Å². The Hall–Kier alpha value is -1.14. The van der Waals surface area contributed by atoms with Crippen molar-refractivity contribution in [2.45, 2.75) is 13.2 Å². The Morgan fingerprint density at radius 1 is 1.25 bits per heavy atom. The van der Waals surface area contributed by atoms with E-state index in [1.807, 2.05) is 18.2 Å². The summed E-state index contributed by atoms with van der Waals surface area (Å²) in [4.78, 5) is 11.9. The smallest absolute Gasteiger partial charge is 0.251 e. The SMILES string of the molecule is COCCNCCNC(=O)c1ccc2c(c1)COC2.Cl. The molecule has 2 rings (SSSR count). The summed E-state index contributed by atoms with van der Waals surface area (Å²) in [6.45, 7) is 4.08. The topological polar surface area (TPSA) is 59.6 Å². The number of hydrogen-bond donors (Lipinski definition) is 2. The normalized spacial score (nSPS) is 12.7. The minimum absolute atomic E-state index is 0. The molecule has 0 fully saturated rings. The summed E-state index contributed by atoms with van der Waals surface area (Å²) in [5, 5.41) is 6.06. The first-order valence-electron chi connectivity index (χ1n) is 6.48. The van der Waals surface area contributed by atoms with Gasteiger partial charge in [0.1, 0.15) is 0 Å². The molecule has 0 radical (unpaired) electrons. The molecule has 0 atom stereocenters. The third-order valence-corrected chi connectivity index (χ3v) is 3.05. The van der Waals surface area contributed by atoms with Gasteiger partial charge in [0.05, 0.1) is 19.8 Å². The second-order valence-electron chi connectivity index (χ2n) is 4.47. The lowest BCUT2D eigenvalue weighted by Gasteiger charge is -2.07. The van der Waals surface area contributed by atoms with E-state index in [9.17, 15) is 4.79 Å². The molecule has 2 N–H and O–H groups in total. The fraction of sp³-hybridized carbons (Fsp3) is 0.500. The number of methoxy groups -OCH3 is 1. The highest BCUT2D eigenvalue weighted by Crippen LogP contribution is 2.20. The fourth-order valence-corrected chi connectivity index (χ4v) is 1.98. The Bertz CT molecular complexity index is 440. The van der Waals surface area contributed by atoms with Crippen LogP contribution in [0.25, 0.3) is 0 Å². The summed E-state index contributed by atoms with van der Waals surface area (Å²) >= 11 is 0. The summed E-state index contributed by atoms with van der Waals surface area (Å²) in [6, 6.07) is 5.73. The summed E-state index contributed by atoms with van der Waals surface area (Å²) in [6.07, 6.45) is 0. The maximum Gasteiger partial charge on any atom is 0.251 e. The molecule has 0 saturated carbocycles. The van der Waals surface area contributed by atoms with Crippen LogP contribution in [0, 0.1) is 0 Å². The van der Waals surface area contributed by atoms with Crippen molar-refractivity contribution in [3.05, 3.63) is 34.9 Å². The lowest BCUT2D eigenvalue weighted by atomic mass is 10.1. The molecule has 1 amide bonds. The highest BCUT2D eigenvalue weighted by atomic mass is 35.5. The van der Waals surface area contributed by atoms with E-state index < -0.39 is 0 Å². The average molecular weight is 301 g/mol. The Kier molecular flexibility index (Phi) is 7.54. The van der Waals surface area contributed by atoms with Crippen LogP contribution in [-0.2, 0) is 22.7 Å². The fourth-order valence-electron chi connectivity index (χ4n) is 1.98. The summed E-state index contributed by atoms with van der Waals surface area (Å²) < 4.78 is 10.3. The third kappa shape index (κ3) is 4.76. The zero-order chi connectivity index (χ0) is 13.5. The van der Waals surface area contributed by atoms with Crippen molar-refractivity contribution in [2.75, 3.05) is 33.4 Å². The molecule has 0 spiro atoms. The lowest BCUT2D eigenvalue weighted by Crippen LogP contribution is -2.33. The Labute approximate surface area is 125 Å². The van der Waals surface area contributed by atoms with Gasteiger partial charge in [-0.2, -0.15) is 0 Å². The molecule has 0 saturated heterocycles. The van der Waals surface area contributed by atoms with Gasteiger partial charge in [-0.25, -0.2) is 0 Å². The van der Waals surface area contributed by atoms with Crippen LogP contribution >= 0.6 is 12.4 Å². The number of halogens is 1. The van der Waals surface area contributed by atoms with Gasteiger partial charge in [-0.05, 0) is 23.3 Å². The van der Waals surface area contributed by atoms with Crippen LogP contribution in [0.15, 0.2) is 18.2 Å². The van der Waals surface area contributed by atoms with Gasteiger partial charge in [-0.15, -0.1) is 12.4 Å². The molecular formula is C14H21ClN2O3. The number of rotatable bonds is 7. The van der Waals surface area contributed by atoms with Gasteiger partial charge in [-0.3, -0.25) is 4.79 Å². The molecule has 1 heterocycles. The number of fused-ring (bicyclic) bond motifs is 1. The van der Waals surface area contributed by atoms with Crippen molar-refractivity contribution in [2.24, 2.45) is 0 Å². The molecule has 0 aromatic heterocycles. The van der Waals surface area contributed by atoms with Gasteiger partial charge >= 0.3 is 0 Å². The molecular weight excluding hydrogens is 280 g/mol. The maximum atomic E-state index is 11.9. The molecule has 6 heteroatoms. The summed E-state index contributed by atoms with van der Waals surface area (Å²) in [5.41, 5.74) is 2.99. The Morgan fingerprint density at radius 2 is 2.05 bits per heavy atom. The van der Waals surface area contributed by atoms with Crippen LogP contribution in [0.3, 0.4) is 0 Å². The van der Waals surface area contributed by atoms with Crippen molar-refractivity contribution in [3.63, 3.8) is 0 Å². The van der Waals surface area contributed by atoms with E-state index in [2.05, 4.69) is 10.6 Å². The first-order chi connectivity index (χ1) is 9.31. The molecule has 1 aliphatic rings. The second-order valence-corrected chi connectivity index (χ2v) is 4.47. The first kappa shape index (κ1) is 16.9. The van der Waals surface area contributed by atoms with Crippen LogP contribution in [0.2, 0.25) is 0 Å². The number of nitrogens with one attached hydrogen (secondary N) is 2. The molecule has 1 aromatic carbocycles. The van der Waals surface area contributed by atoms with Crippen LogP contribution in [0.1, 0.15) is 21.5 Å². The van der Waals surface area contributed by atoms with Crippen molar-refractivity contribution in [1.82, 2.24) is 10.6 Å². The molecule has 0 bridgehead atoms. The largest absolute Gasteiger partial charge is 0.383 e. The molecule has 20 heavy (non-hydrogen) atoms. The highest BCUT2D eigenvalue weighted by Gasteiger charge is 2.13. The number of benzene rings is 1. The quantitative estimate of drug-likeness (QED) is 0.741. The van der Waals surface area contributed by atoms with Crippen LogP contribution in [0.5, 0.6) is 0 Å². The number of amides is 1. The lowest BCUT2D eigenvalue weighted by molar-refractivity contribution is 0.0953. The van der Waals surface area contributed by atoms with E-state index in [1.165, 1.54) is 5.56 Å². The van der Waals surface area contributed by atoms with Gasteiger partial charge in [0.2, 0.25) is 0 Å². The van der Waals surface area contributed by atoms with Gasteiger partial charge in [-0.1, -0.05) is 6.07 Å². The number of carbonyl (C=O) groups is 1. The highest BCUT2D eigenvalue weighted by molar-refractivity contribution is 5.94. The third-order valence-electron chi connectivity index (χ3n) is 3.05.